The molecule has 2 rings (SSSR count). The quantitative estimate of drug-likeness (QED) is 0.622. The van der Waals surface area contributed by atoms with Crippen LogP contribution in [0.3, 0.4) is 0 Å². The lowest BCUT2D eigenvalue weighted by Gasteiger charge is -2.35. The number of hydrogen-bond acceptors (Lipinski definition) is 3. The summed E-state index contributed by atoms with van der Waals surface area (Å²) in [6, 6.07) is 9.91. The van der Waals surface area contributed by atoms with E-state index in [1.54, 1.807) is 13.0 Å². The van der Waals surface area contributed by atoms with Gasteiger partial charge in [0.15, 0.2) is 5.54 Å². The van der Waals surface area contributed by atoms with Crippen molar-refractivity contribution < 1.29 is 9.53 Å². The Bertz CT molecular complexity index is 533. The number of aliphatic imine (C=N–C) groups is 1. The normalized spacial score (nSPS) is 26.1. The molecule has 20 heavy (non-hydrogen) atoms. The van der Waals surface area contributed by atoms with E-state index in [4.69, 9.17) is 9.73 Å². The van der Waals surface area contributed by atoms with Crippen LogP contribution < -0.4 is 0 Å². The summed E-state index contributed by atoms with van der Waals surface area (Å²) in [7, 11) is 0. The second-order valence-corrected chi connectivity index (χ2v) is 5.70. The second-order valence-electron chi connectivity index (χ2n) is 5.70. The van der Waals surface area contributed by atoms with Crippen LogP contribution in [0.1, 0.15) is 32.8 Å². The molecule has 1 heterocycles. The van der Waals surface area contributed by atoms with E-state index in [1.807, 2.05) is 44.2 Å². The fourth-order valence-corrected chi connectivity index (χ4v) is 2.37. The van der Waals surface area contributed by atoms with E-state index < -0.39 is 5.54 Å². The minimum Gasteiger partial charge on any atom is -0.454 e. The van der Waals surface area contributed by atoms with Crippen LogP contribution in [0.5, 0.6) is 0 Å². The number of rotatable bonds is 4. The second kappa shape index (κ2) is 5.61. The molecule has 0 saturated heterocycles. The largest absolute Gasteiger partial charge is 0.454 e. The van der Waals surface area contributed by atoms with Crippen LogP contribution in [0.25, 0.3) is 0 Å². The van der Waals surface area contributed by atoms with Crippen molar-refractivity contribution in [2.75, 3.05) is 0 Å². The minimum atomic E-state index is -0.863. The van der Waals surface area contributed by atoms with E-state index >= 15 is 0 Å². The molecule has 0 saturated carbocycles. The average Bonchev–Trinajstić information content (AvgIpc) is 2.42. The zero-order valence-electron chi connectivity index (χ0n) is 12.3. The third-order valence-corrected chi connectivity index (χ3v) is 3.53. The van der Waals surface area contributed by atoms with Gasteiger partial charge in [-0.2, -0.15) is 0 Å². The monoisotopic (exact) mass is 271 g/mol. The predicted molar refractivity (Wildman–Crippen MR) is 80.9 cm³/mol. The number of ether oxygens (including phenoxy) is 1. The molecule has 1 aromatic rings. The first-order chi connectivity index (χ1) is 9.48. The maximum Gasteiger partial charge on any atom is 0.334 e. The number of cyclic esters (lactones) is 1. The molecule has 0 aromatic heterocycles. The molecule has 0 radical (unpaired) electrons. The number of carbonyl (C=O) groups is 1. The lowest BCUT2D eigenvalue weighted by Crippen LogP contribution is -2.48. The van der Waals surface area contributed by atoms with Gasteiger partial charge in [-0.3, -0.25) is 4.99 Å². The van der Waals surface area contributed by atoms with Gasteiger partial charge in [0.2, 0.25) is 0 Å². The fourth-order valence-electron chi connectivity index (χ4n) is 2.37. The molecule has 2 atom stereocenters. The van der Waals surface area contributed by atoms with Crippen LogP contribution in [-0.4, -0.2) is 23.3 Å². The molecular formula is C17H21NO2. The van der Waals surface area contributed by atoms with Crippen LogP contribution in [0.2, 0.25) is 0 Å². The van der Waals surface area contributed by atoms with E-state index in [2.05, 4.69) is 6.58 Å². The Morgan fingerprint density at radius 3 is 2.60 bits per heavy atom. The number of benzene rings is 1. The highest BCUT2D eigenvalue weighted by molar-refractivity contribution is 6.08. The molecular weight excluding hydrogens is 250 g/mol. The summed E-state index contributed by atoms with van der Waals surface area (Å²) >= 11 is 0. The Balaban J connectivity index is 2.51. The smallest absolute Gasteiger partial charge is 0.334 e. The average molecular weight is 271 g/mol. The molecule has 106 valence electrons. The topological polar surface area (TPSA) is 38.7 Å². The summed E-state index contributed by atoms with van der Waals surface area (Å²) in [4.78, 5) is 16.9. The van der Waals surface area contributed by atoms with Gasteiger partial charge in [0, 0.05) is 6.42 Å². The first-order valence-electron chi connectivity index (χ1n) is 6.95. The van der Waals surface area contributed by atoms with Crippen LogP contribution in [0, 0.1) is 5.92 Å². The van der Waals surface area contributed by atoms with E-state index in [0.717, 1.165) is 11.3 Å². The van der Waals surface area contributed by atoms with Gasteiger partial charge in [-0.1, -0.05) is 50.3 Å². The highest BCUT2D eigenvalue weighted by atomic mass is 16.5. The van der Waals surface area contributed by atoms with Gasteiger partial charge in [-0.15, -0.1) is 6.58 Å². The van der Waals surface area contributed by atoms with Gasteiger partial charge in [-0.05, 0) is 18.4 Å². The lowest BCUT2D eigenvalue weighted by atomic mass is 9.90. The molecule has 0 amide bonds. The van der Waals surface area contributed by atoms with Gasteiger partial charge < -0.3 is 4.74 Å². The molecule has 0 N–H and O–H groups in total. The van der Waals surface area contributed by atoms with Crippen molar-refractivity contribution in [2.45, 2.75) is 38.8 Å². The van der Waals surface area contributed by atoms with Crippen LogP contribution in [0.4, 0.5) is 0 Å². The third kappa shape index (κ3) is 2.67. The van der Waals surface area contributed by atoms with Crippen molar-refractivity contribution in [3.05, 3.63) is 48.6 Å². The van der Waals surface area contributed by atoms with Crippen LogP contribution >= 0.6 is 0 Å². The van der Waals surface area contributed by atoms with E-state index in [9.17, 15) is 4.79 Å². The first-order valence-corrected chi connectivity index (χ1v) is 6.95. The molecule has 0 aliphatic carbocycles. The van der Waals surface area contributed by atoms with E-state index in [-0.39, 0.29) is 18.0 Å². The summed E-state index contributed by atoms with van der Waals surface area (Å²) in [5.74, 6) is -0.0815. The van der Waals surface area contributed by atoms with Crippen molar-refractivity contribution in [3.63, 3.8) is 0 Å². The zero-order valence-corrected chi connectivity index (χ0v) is 12.3. The Hall–Kier alpha value is -1.90. The van der Waals surface area contributed by atoms with Crippen molar-refractivity contribution >= 4 is 11.7 Å². The predicted octanol–water partition coefficient (Wildman–Crippen LogP) is 3.39. The molecule has 0 fully saturated rings. The Labute approximate surface area is 120 Å². The molecule has 0 bridgehead atoms. The van der Waals surface area contributed by atoms with E-state index in [0.29, 0.717) is 6.42 Å². The van der Waals surface area contributed by atoms with E-state index in [1.165, 1.54) is 0 Å². The zero-order chi connectivity index (χ0) is 14.8. The van der Waals surface area contributed by atoms with Crippen LogP contribution in [0.15, 0.2) is 48.0 Å². The molecule has 1 aliphatic rings. The fraction of sp³-hybridized carbons (Fsp3) is 0.412. The number of hydrogen-bond donors (Lipinski definition) is 0. The van der Waals surface area contributed by atoms with Gasteiger partial charge in [0.05, 0.1) is 5.71 Å². The van der Waals surface area contributed by atoms with Gasteiger partial charge in [-0.25, -0.2) is 4.79 Å². The third-order valence-electron chi connectivity index (χ3n) is 3.53. The lowest BCUT2D eigenvalue weighted by molar-refractivity contribution is -0.155. The Morgan fingerprint density at radius 2 is 2.05 bits per heavy atom. The molecule has 3 nitrogen and oxygen atoms in total. The summed E-state index contributed by atoms with van der Waals surface area (Å²) in [6.07, 6.45) is 1.90. The number of esters is 1. The van der Waals surface area contributed by atoms with Crippen LogP contribution in [-0.2, 0) is 9.53 Å². The maximum atomic E-state index is 12.2. The minimum absolute atomic E-state index is 0.186. The van der Waals surface area contributed by atoms with Gasteiger partial charge >= 0.3 is 5.97 Å². The summed E-state index contributed by atoms with van der Waals surface area (Å²) < 4.78 is 5.67. The highest BCUT2D eigenvalue weighted by Crippen LogP contribution is 2.29. The molecule has 1 aliphatic heterocycles. The van der Waals surface area contributed by atoms with Crippen molar-refractivity contribution in [3.8, 4) is 0 Å². The highest BCUT2D eigenvalue weighted by Gasteiger charge is 2.42. The molecule has 0 unspecified atom stereocenters. The SMILES string of the molecule is C=CC[C@]1(C)N=C(c2ccccc2)[C@@H](C(C)C)OC1=O. The summed E-state index contributed by atoms with van der Waals surface area (Å²) in [5, 5.41) is 0. The van der Waals surface area contributed by atoms with Gasteiger partial charge in [0.1, 0.15) is 6.10 Å². The maximum absolute atomic E-state index is 12.2. The summed E-state index contributed by atoms with van der Waals surface area (Å²) in [5.41, 5.74) is 0.997. The number of carbonyl (C=O) groups excluding carboxylic acids is 1. The molecule has 3 heteroatoms. The molecule has 1 aromatic carbocycles. The molecule has 0 spiro atoms. The van der Waals surface area contributed by atoms with Crippen molar-refractivity contribution in [1.29, 1.82) is 0 Å². The van der Waals surface area contributed by atoms with Crippen molar-refractivity contribution in [2.24, 2.45) is 10.9 Å². The Kier molecular flexibility index (Phi) is 4.07. The Morgan fingerprint density at radius 1 is 1.40 bits per heavy atom. The van der Waals surface area contributed by atoms with Gasteiger partial charge in [0.25, 0.3) is 0 Å². The number of nitrogens with zero attached hydrogens (tertiary/aromatic N) is 1. The van der Waals surface area contributed by atoms with Crippen molar-refractivity contribution in [1.82, 2.24) is 0 Å². The first kappa shape index (κ1) is 14.5. The summed E-state index contributed by atoms with van der Waals surface area (Å²) in [6.45, 7) is 9.58. The standard InChI is InChI=1S/C17H21NO2/c1-5-11-17(4)16(19)20-15(12(2)3)14(18-17)13-9-7-6-8-10-13/h5-10,12,15H,1,11H2,2-4H3/t15-,17+/m1/s1.